The number of anilines is 1. The summed E-state index contributed by atoms with van der Waals surface area (Å²) in [4.78, 5) is 0. The molecule has 2 nitrogen and oxygen atoms in total. The van der Waals surface area contributed by atoms with E-state index < -0.39 is 0 Å². The van der Waals surface area contributed by atoms with Crippen LogP contribution in [0, 0.1) is 0 Å². The average molecular weight is 388 g/mol. The first kappa shape index (κ1) is 13.6. The first-order valence-corrected chi connectivity index (χ1v) is 7.13. The molecule has 18 heavy (non-hydrogen) atoms. The Kier molecular flexibility index (Phi) is 4.80. The summed E-state index contributed by atoms with van der Waals surface area (Å²) in [5.74, 6) is 0. The van der Waals surface area contributed by atoms with Crippen LogP contribution in [0.25, 0.3) is 0 Å². The number of halogens is 3. The molecule has 0 fully saturated rings. The topological polar surface area (TPSA) is 24.4 Å². The van der Waals surface area contributed by atoms with E-state index in [1.165, 1.54) is 0 Å². The SMILES string of the molecule is Cl/C(=N/Nc1ccc(Br)cc1Br)c1ccccc1. The molecular weight excluding hydrogens is 379 g/mol. The Morgan fingerprint density at radius 2 is 1.78 bits per heavy atom. The molecule has 0 radical (unpaired) electrons. The number of hydrogen-bond donors (Lipinski definition) is 1. The molecule has 0 amide bonds. The van der Waals surface area contributed by atoms with Crippen LogP contribution < -0.4 is 5.43 Å². The van der Waals surface area contributed by atoms with Gasteiger partial charge in [-0.05, 0) is 34.1 Å². The standard InChI is InChI=1S/C13H9Br2ClN2/c14-10-6-7-12(11(15)8-10)17-18-13(16)9-4-2-1-3-5-9/h1-8,17H/b18-13+. The summed E-state index contributed by atoms with van der Waals surface area (Å²) in [5, 5.41) is 4.56. The third-order valence-electron chi connectivity index (χ3n) is 2.22. The second kappa shape index (κ2) is 6.36. The van der Waals surface area contributed by atoms with Crippen LogP contribution in [0.15, 0.2) is 62.6 Å². The largest absolute Gasteiger partial charge is 0.276 e. The highest BCUT2D eigenvalue weighted by Gasteiger charge is 2.01. The Bertz CT molecular complexity index is 570. The van der Waals surface area contributed by atoms with Gasteiger partial charge in [-0.25, -0.2) is 0 Å². The molecule has 2 aromatic rings. The van der Waals surface area contributed by atoms with Gasteiger partial charge in [0.15, 0.2) is 5.17 Å². The molecule has 0 spiro atoms. The van der Waals surface area contributed by atoms with Crippen molar-refractivity contribution in [2.75, 3.05) is 5.43 Å². The number of benzene rings is 2. The van der Waals surface area contributed by atoms with Gasteiger partial charge in [-0.2, -0.15) is 5.10 Å². The highest BCUT2D eigenvalue weighted by molar-refractivity contribution is 9.11. The number of hydrazone groups is 1. The Morgan fingerprint density at radius 3 is 2.44 bits per heavy atom. The summed E-state index contributed by atoms with van der Waals surface area (Å²) in [6.45, 7) is 0. The van der Waals surface area contributed by atoms with Gasteiger partial charge >= 0.3 is 0 Å². The quantitative estimate of drug-likeness (QED) is 0.565. The number of nitrogens with zero attached hydrogens (tertiary/aromatic N) is 1. The molecular formula is C13H9Br2ClN2. The molecule has 0 bridgehead atoms. The third-order valence-corrected chi connectivity index (χ3v) is 3.67. The number of hydrogen-bond acceptors (Lipinski definition) is 2. The van der Waals surface area contributed by atoms with Crippen LogP contribution in [-0.2, 0) is 0 Å². The molecule has 0 aliphatic rings. The smallest absolute Gasteiger partial charge is 0.156 e. The van der Waals surface area contributed by atoms with E-state index in [0.29, 0.717) is 5.17 Å². The first-order valence-electron chi connectivity index (χ1n) is 5.16. The van der Waals surface area contributed by atoms with Crippen LogP contribution in [0.4, 0.5) is 5.69 Å². The molecule has 0 aliphatic heterocycles. The van der Waals surface area contributed by atoms with Gasteiger partial charge in [0.05, 0.1) is 5.69 Å². The van der Waals surface area contributed by atoms with Crippen molar-refractivity contribution in [3.8, 4) is 0 Å². The fourth-order valence-electron chi connectivity index (χ4n) is 1.33. The Morgan fingerprint density at radius 1 is 1.06 bits per heavy atom. The normalized spacial score (nSPS) is 11.4. The molecule has 5 heteroatoms. The zero-order valence-electron chi connectivity index (χ0n) is 9.20. The summed E-state index contributed by atoms with van der Waals surface area (Å²) in [6.07, 6.45) is 0. The average Bonchev–Trinajstić information content (AvgIpc) is 2.38. The van der Waals surface area contributed by atoms with E-state index in [1.54, 1.807) is 0 Å². The van der Waals surface area contributed by atoms with Crippen molar-refractivity contribution in [3.05, 3.63) is 63.0 Å². The van der Waals surface area contributed by atoms with Crippen molar-refractivity contribution in [1.29, 1.82) is 0 Å². The Hall–Kier alpha value is -0.840. The minimum absolute atomic E-state index is 0.422. The molecule has 2 rings (SSSR count). The van der Waals surface area contributed by atoms with Gasteiger partial charge in [-0.3, -0.25) is 5.43 Å². The van der Waals surface area contributed by atoms with Crippen LogP contribution >= 0.6 is 43.5 Å². The monoisotopic (exact) mass is 386 g/mol. The van der Waals surface area contributed by atoms with E-state index >= 15 is 0 Å². The summed E-state index contributed by atoms with van der Waals surface area (Å²) in [5.41, 5.74) is 4.66. The zero-order chi connectivity index (χ0) is 13.0. The molecule has 2 aromatic carbocycles. The molecule has 1 N–H and O–H groups in total. The summed E-state index contributed by atoms with van der Waals surface area (Å²) in [6, 6.07) is 15.4. The van der Waals surface area contributed by atoms with Crippen LogP contribution in [0.2, 0.25) is 0 Å². The van der Waals surface area contributed by atoms with E-state index in [1.807, 2.05) is 48.5 Å². The summed E-state index contributed by atoms with van der Waals surface area (Å²) < 4.78 is 1.91. The lowest BCUT2D eigenvalue weighted by molar-refractivity contribution is 1.33. The number of rotatable bonds is 3. The number of nitrogens with one attached hydrogen (secondary N) is 1. The molecule has 0 heterocycles. The molecule has 92 valence electrons. The van der Waals surface area contributed by atoms with Crippen LogP contribution in [-0.4, -0.2) is 5.17 Å². The zero-order valence-corrected chi connectivity index (χ0v) is 13.1. The van der Waals surface area contributed by atoms with E-state index in [2.05, 4.69) is 42.4 Å². The van der Waals surface area contributed by atoms with E-state index in [4.69, 9.17) is 11.6 Å². The molecule has 0 saturated heterocycles. The van der Waals surface area contributed by atoms with Crippen molar-refractivity contribution in [1.82, 2.24) is 0 Å². The summed E-state index contributed by atoms with van der Waals surface area (Å²) in [7, 11) is 0. The Labute approximate surface area is 127 Å². The van der Waals surface area contributed by atoms with Gasteiger partial charge in [-0.15, -0.1) is 0 Å². The van der Waals surface area contributed by atoms with Gasteiger partial charge in [0.25, 0.3) is 0 Å². The van der Waals surface area contributed by atoms with E-state index in [0.717, 1.165) is 20.2 Å². The lowest BCUT2D eigenvalue weighted by atomic mass is 10.2. The van der Waals surface area contributed by atoms with Crippen LogP contribution in [0.3, 0.4) is 0 Å². The molecule has 0 atom stereocenters. The van der Waals surface area contributed by atoms with Crippen molar-refractivity contribution in [3.63, 3.8) is 0 Å². The predicted octanol–water partition coefficient (Wildman–Crippen LogP) is 5.22. The molecule has 0 aliphatic carbocycles. The maximum Gasteiger partial charge on any atom is 0.156 e. The van der Waals surface area contributed by atoms with E-state index in [9.17, 15) is 0 Å². The maximum absolute atomic E-state index is 6.10. The minimum Gasteiger partial charge on any atom is -0.276 e. The van der Waals surface area contributed by atoms with Crippen molar-refractivity contribution in [2.24, 2.45) is 5.10 Å². The minimum atomic E-state index is 0.422. The van der Waals surface area contributed by atoms with Crippen LogP contribution in [0.1, 0.15) is 5.56 Å². The van der Waals surface area contributed by atoms with Gasteiger partial charge in [-0.1, -0.05) is 57.9 Å². The maximum atomic E-state index is 6.10. The van der Waals surface area contributed by atoms with Gasteiger partial charge in [0.1, 0.15) is 0 Å². The van der Waals surface area contributed by atoms with Crippen LogP contribution in [0.5, 0.6) is 0 Å². The second-order valence-electron chi connectivity index (χ2n) is 3.50. The highest BCUT2D eigenvalue weighted by Crippen LogP contribution is 2.26. The fourth-order valence-corrected chi connectivity index (χ4v) is 2.63. The lowest BCUT2D eigenvalue weighted by Crippen LogP contribution is -1.97. The van der Waals surface area contributed by atoms with Gasteiger partial charge < -0.3 is 0 Å². The lowest BCUT2D eigenvalue weighted by Gasteiger charge is -2.05. The summed E-state index contributed by atoms with van der Waals surface area (Å²) >= 11 is 12.9. The highest BCUT2D eigenvalue weighted by atomic mass is 79.9. The first-order chi connectivity index (χ1) is 8.66. The van der Waals surface area contributed by atoms with Crippen molar-refractivity contribution in [2.45, 2.75) is 0 Å². The van der Waals surface area contributed by atoms with Crippen molar-refractivity contribution < 1.29 is 0 Å². The Balaban J connectivity index is 2.15. The van der Waals surface area contributed by atoms with Gasteiger partial charge in [0, 0.05) is 14.5 Å². The fraction of sp³-hybridized carbons (Fsp3) is 0. The molecule has 0 saturated carbocycles. The third kappa shape index (κ3) is 3.57. The van der Waals surface area contributed by atoms with Crippen molar-refractivity contribution >= 4 is 54.3 Å². The second-order valence-corrected chi connectivity index (χ2v) is 5.63. The molecule has 0 aromatic heterocycles. The predicted molar refractivity (Wildman–Crippen MR) is 84.3 cm³/mol. The van der Waals surface area contributed by atoms with E-state index in [-0.39, 0.29) is 0 Å². The van der Waals surface area contributed by atoms with Gasteiger partial charge in [0.2, 0.25) is 0 Å². The molecule has 0 unspecified atom stereocenters.